The molecule has 0 aliphatic heterocycles. The zero-order valence-electron chi connectivity index (χ0n) is 11.4. The SMILES string of the molecule is C=C=CC(O)(CCCCCC)[SiH2]c1ccccc1. The molecule has 0 bridgehead atoms. The fourth-order valence-electron chi connectivity index (χ4n) is 2.21. The molecule has 18 heavy (non-hydrogen) atoms. The van der Waals surface area contributed by atoms with Crippen LogP contribution >= 0.6 is 0 Å². The lowest BCUT2D eigenvalue weighted by Crippen LogP contribution is -2.40. The normalized spacial score (nSPS) is 14.3. The smallest absolute Gasteiger partial charge is 0.0979 e. The van der Waals surface area contributed by atoms with Crippen LogP contribution in [-0.2, 0) is 0 Å². The monoisotopic (exact) mass is 260 g/mol. The van der Waals surface area contributed by atoms with Crippen molar-refractivity contribution in [2.24, 2.45) is 0 Å². The summed E-state index contributed by atoms with van der Waals surface area (Å²) in [5.41, 5.74) is 2.78. The summed E-state index contributed by atoms with van der Waals surface area (Å²) in [5.74, 6) is 0. The van der Waals surface area contributed by atoms with Crippen LogP contribution in [0.3, 0.4) is 0 Å². The van der Waals surface area contributed by atoms with Gasteiger partial charge in [0.05, 0.1) is 14.7 Å². The second kappa shape index (κ2) is 8.10. The van der Waals surface area contributed by atoms with Gasteiger partial charge in [0.25, 0.3) is 0 Å². The van der Waals surface area contributed by atoms with Crippen LogP contribution < -0.4 is 5.19 Å². The molecule has 1 rings (SSSR count). The minimum Gasteiger partial charge on any atom is -0.389 e. The van der Waals surface area contributed by atoms with E-state index in [-0.39, 0.29) is 0 Å². The van der Waals surface area contributed by atoms with Gasteiger partial charge in [-0.05, 0) is 12.5 Å². The van der Waals surface area contributed by atoms with E-state index >= 15 is 0 Å². The van der Waals surface area contributed by atoms with Gasteiger partial charge in [-0.25, -0.2) is 0 Å². The summed E-state index contributed by atoms with van der Waals surface area (Å²) in [6, 6.07) is 10.3. The highest BCUT2D eigenvalue weighted by Crippen LogP contribution is 2.16. The van der Waals surface area contributed by atoms with Gasteiger partial charge in [-0.15, -0.1) is 5.73 Å². The lowest BCUT2D eigenvalue weighted by atomic mass is 10.1. The first-order valence-corrected chi connectivity index (χ1v) is 8.25. The third-order valence-corrected chi connectivity index (χ3v) is 5.24. The van der Waals surface area contributed by atoms with E-state index in [1.807, 2.05) is 18.2 Å². The van der Waals surface area contributed by atoms with Gasteiger partial charge < -0.3 is 5.11 Å². The van der Waals surface area contributed by atoms with Crippen molar-refractivity contribution < 1.29 is 5.11 Å². The van der Waals surface area contributed by atoms with Gasteiger partial charge >= 0.3 is 0 Å². The van der Waals surface area contributed by atoms with Crippen LogP contribution in [0, 0.1) is 0 Å². The first-order valence-electron chi connectivity index (χ1n) is 6.83. The first kappa shape index (κ1) is 15.0. The summed E-state index contributed by atoms with van der Waals surface area (Å²) >= 11 is 0. The number of hydrogen-bond acceptors (Lipinski definition) is 1. The van der Waals surface area contributed by atoms with E-state index in [4.69, 9.17) is 0 Å². The average Bonchev–Trinajstić information content (AvgIpc) is 2.36. The molecule has 1 nitrogen and oxygen atoms in total. The van der Waals surface area contributed by atoms with Crippen molar-refractivity contribution in [2.45, 2.75) is 44.3 Å². The summed E-state index contributed by atoms with van der Waals surface area (Å²) in [6.45, 7) is 5.82. The molecule has 0 aliphatic rings. The number of benzene rings is 1. The van der Waals surface area contributed by atoms with Gasteiger partial charge in [-0.3, -0.25) is 0 Å². The van der Waals surface area contributed by atoms with Gasteiger partial charge in [0.2, 0.25) is 0 Å². The fourth-order valence-corrected chi connectivity index (χ4v) is 4.10. The van der Waals surface area contributed by atoms with Crippen LogP contribution in [0.15, 0.2) is 48.7 Å². The van der Waals surface area contributed by atoms with Crippen LogP contribution in [0.25, 0.3) is 0 Å². The summed E-state index contributed by atoms with van der Waals surface area (Å²) in [5, 5.41) is 11.3. The molecule has 1 N–H and O–H groups in total. The van der Waals surface area contributed by atoms with E-state index in [9.17, 15) is 5.11 Å². The number of unbranched alkanes of at least 4 members (excludes halogenated alkanes) is 3. The van der Waals surface area contributed by atoms with Crippen molar-refractivity contribution in [3.63, 3.8) is 0 Å². The molecular formula is C16H24OSi. The number of rotatable bonds is 8. The van der Waals surface area contributed by atoms with Crippen LogP contribution in [0.5, 0.6) is 0 Å². The molecule has 0 aromatic heterocycles. The van der Waals surface area contributed by atoms with E-state index in [2.05, 4.69) is 31.4 Å². The fraction of sp³-hybridized carbons (Fsp3) is 0.438. The number of aliphatic hydroxyl groups is 1. The van der Waals surface area contributed by atoms with Crippen LogP contribution in [0.1, 0.15) is 39.0 Å². The lowest BCUT2D eigenvalue weighted by molar-refractivity contribution is 0.161. The summed E-state index contributed by atoms with van der Waals surface area (Å²) in [7, 11) is -0.742. The molecule has 1 atom stereocenters. The Morgan fingerprint density at radius 3 is 2.61 bits per heavy atom. The van der Waals surface area contributed by atoms with E-state index in [1.165, 1.54) is 24.4 Å². The quantitative estimate of drug-likeness (QED) is 0.432. The van der Waals surface area contributed by atoms with E-state index < -0.39 is 14.7 Å². The van der Waals surface area contributed by atoms with Crippen LogP contribution in [-0.4, -0.2) is 19.9 Å². The van der Waals surface area contributed by atoms with E-state index in [0.717, 1.165) is 12.8 Å². The third-order valence-electron chi connectivity index (χ3n) is 3.19. The van der Waals surface area contributed by atoms with Crippen LogP contribution in [0.2, 0.25) is 0 Å². The lowest BCUT2D eigenvalue weighted by Gasteiger charge is -2.23. The highest BCUT2D eigenvalue weighted by molar-refractivity contribution is 6.57. The maximum atomic E-state index is 10.7. The molecule has 0 saturated heterocycles. The molecule has 0 spiro atoms. The predicted octanol–water partition coefficient (Wildman–Crippen LogP) is 2.48. The van der Waals surface area contributed by atoms with Crippen molar-refractivity contribution in [3.05, 3.63) is 48.7 Å². The van der Waals surface area contributed by atoms with Gasteiger partial charge in [0.15, 0.2) is 0 Å². The molecule has 1 aromatic rings. The molecular weight excluding hydrogens is 236 g/mol. The van der Waals surface area contributed by atoms with Crippen LogP contribution in [0.4, 0.5) is 0 Å². The van der Waals surface area contributed by atoms with Gasteiger partial charge in [-0.1, -0.05) is 74.7 Å². The Bertz CT molecular complexity index is 381. The van der Waals surface area contributed by atoms with Gasteiger partial charge in [0, 0.05) is 0 Å². The molecule has 1 aromatic carbocycles. The van der Waals surface area contributed by atoms with E-state index in [1.54, 1.807) is 6.08 Å². The molecule has 2 heteroatoms. The zero-order chi connectivity index (χ0) is 13.3. The maximum absolute atomic E-state index is 10.7. The Labute approximate surface area is 113 Å². The largest absolute Gasteiger partial charge is 0.389 e. The number of hydrogen-bond donors (Lipinski definition) is 1. The van der Waals surface area contributed by atoms with E-state index in [0.29, 0.717) is 0 Å². The predicted molar refractivity (Wildman–Crippen MR) is 82.0 cm³/mol. The Morgan fingerprint density at radius 2 is 2.00 bits per heavy atom. The average molecular weight is 260 g/mol. The maximum Gasteiger partial charge on any atom is 0.0979 e. The Hall–Kier alpha value is -1.08. The topological polar surface area (TPSA) is 20.2 Å². The molecule has 0 fully saturated rings. The molecule has 0 heterocycles. The van der Waals surface area contributed by atoms with Crippen molar-refractivity contribution in [3.8, 4) is 0 Å². The second-order valence-corrected chi connectivity index (χ2v) is 7.32. The minimum absolute atomic E-state index is 0.656. The van der Waals surface area contributed by atoms with Crippen molar-refractivity contribution in [2.75, 3.05) is 0 Å². The van der Waals surface area contributed by atoms with Gasteiger partial charge in [-0.2, -0.15) is 0 Å². The Kier molecular flexibility index (Phi) is 6.74. The minimum atomic E-state index is -0.742. The summed E-state index contributed by atoms with van der Waals surface area (Å²) in [4.78, 5) is 0. The molecule has 1 unspecified atom stereocenters. The first-order chi connectivity index (χ1) is 8.70. The summed E-state index contributed by atoms with van der Waals surface area (Å²) < 4.78 is 0. The standard InChI is InChI=1S/C16H24OSi/c1-3-5-6-10-14-16(17,13-4-2)18-15-11-8-7-9-12-15/h7-9,11-13,17H,2-3,5-6,10,14,18H2,1H3. The van der Waals surface area contributed by atoms with Crippen molar-refractivity contribution >= 4 is 14.7 Å². The van der Waals surface area contributed by atoms with Crippen molar-refractivity contribution in [1.82, 2.24) is 0 Å². The molecule has 98 valence electrons. The Morgan fingerprint density at radius 1 is 1.28 bits per heavy atom. The molecule has 0 radical (unpaired) electrons. The second-order valence-electron chi connectivity index (χ2n) is 4.93. The zero-order valence-corrected chi connectivity index (χ0v) is 12.8. The molecule has 0 amide bonds. The molecule has 0 aliphatic carbocycles. The van der Waals surface area contributed by atoms with Crippen molar-refractivity contribution in [1.29, 1.82) is 0 Å². The molecule has 0 saturated carbocycles. The van der Waals surface area contributed by atoms with Gasteiger partial charge in [0.1, 0.15) is 0 Å². The third kappa shape index (κ3) is 5.50. The summed E-state index contributed by atoms with van der Waals surface area (Å²) in [6.07, 6.45) is 7.39. The Balaban J connectivity index is 2.59. The highest BCUT2D eigenvalue weighted by Gasteiger charge is 2.23. The highest BCUT2D eigenvalue weighted by atomic mass is 28.2.